The zero-order chi connectivity index (χ0) is 15.5. The minimum atomic E-state index is -1.15. The van der Waals surface area contributed by atoms with Gasteiger partial charge in [0.15, 0.2) is 0 Å². The molecule has 21 heavy (non-hydrogen) atoms. The second-order valence-corrected chi connectivity index (χ2v) is 6.11. The molecule has 1 heterocycles. The molecule has 0 spiro atoms. The molecule has 0 aliphatic carbocycles. The molecule has 1 aromatic heterocycles. The van der Waals surface area contributed by atoms with Gasteiger partial charge in [0, 0.05) is 22.0 Å². The summed E-state index contributed by atoms with van der Waals surface area (Å²) in [6, 6.07) is 7.85. The summed E-state index contributed by atoms with van der Waals surface area (Å²) in [7, 11) is 1.31. The van der Waals surface area contributed by atoms with Gasteiger partial charge >= 0.3 is 5.97 Å². The SMILES string of the molecule is COC(=O)C(C)(NCc1cccs1)c1ccc(F)cc1Cl. The number of carbonyl (C=O) groups excluding carboxylic acids is 1. The predicted molar refractivity (Wildman–Crippen MR) is 81.9 cm³/mol. The Balaban J connectivity index is 2.34. The highest BCUT2D eigenvalue weighted by Gasteiger charge is 2.37. The van der Waals surface area contributed by atoms with E-state index in [4.69, 9.17) is 16.3 Å². The van der Waals surface area contributed by atoms with Gasteiger partial charge in [0.05, 0.1) is 7.11 Å². The third-order valence-corrected chi connectivity index (χ3v) is 4.45. The van der Waals surface area contributed by atoms with Gasteiger partial charge in [-0.3, -0.25) is 5.32 Å². The predicted octanol–water partition coefficient (Wildman–Crippen LogP) is 3.72. The van der Waals surface area contributed by atoms with E-state index in [-0.39, 0.29) is 5.02 Å². The van der Waals surface area contributed by atoms with Crippen LogP contribution in [-0.4, -0.2) is 13.1 Å². The maximum absolute atomic E-state index is 13.2. The summed E-state index contributed by atoms with van der Waals surface area (Å²) in [6.07, 6.45) is 0. The van der Waals surface area contributed by atoms with Crippen LogP contribution in [0.15, 0.2) is 35.7 Å². The summed E-state index contributed by atoms with van der Waals surface area (Å²) in [4.78, 5) is 13.3. The van der Waals surface area contributed by atoms with Crippen molar-refractivity contribution in [3.05, 3.63) is 57.0 Å². The van der Waals surface area contributed by atoms with Crippen LogP contribution in [0.1, 0.15) is 17.4 Å². The van der Waals surface area contributed by atoms with Crippen molar-refractivity contribution in [3.8, 4) is 0 Å². The zero-order valence-corrected chi connectivity index (χ0v) is 13.2. The molecular weight excluding hydrogens is 313 g/mol. The third-order valence-electron chi connectivity index (χ3n) is 3.26. The van der Waals surface area contributed by atoms with Gasteiger partial charge in [0.2, 0.25) is 0 Å². The molecule has 0 bridgehead atoms. The summed E-state index contributed by atoms with van der Waals surface area (Å²) < 4.78 is 18.1. The molecule has 1 atom stereocenters. The lowest BCUT2D eigenvalue weighted by atomic mass is 9.91. The van der Waals surface area contributed by atoms with Crippen LogP contribution in [0.4, 0.5) is 4.39 Å². The average Bonchev–Trinajstić information content (AvgIpc) is 2.97. The highest BCUT2D eigenvalue weighted by Crippen LogP contribution is 2.30. The van der Waals surface area contributed by atoms with E-state index >= 15 is 0 Å². The van der Waals surface area contributed by atoms with Gasteiger partial charge in [-0.2, -0.15) is 0 Å². The molecule has 112 valence electrons. The van der Waals surface area contributed by atoms with Crippen LogP contribution in [0, 0.1) is 5.82 Å². The topological polar surface area (TPSA) is 38.3 Å². The maximum atomic E-state index is 13.2. The van der Waals surface area contributed by atoms with Crippen molar-refractivity contribution >= 4 is 28.9 Å². The van der Waals surface area contributed by atoms with E-state index in [0.29, 0.717) is 12.1 Å². The highest BCUT2D eigenvalue weighted by atomic mass is 35.5. The second kappa shape index (κ2) is 6.56. The summed E-state index contributed by atoms with van der Waals surface area (Å²) >= 11 is 7.67. The van der Waals surface area contributed by atoms with Gasteiger partial charge in [0.1, 0.15) is 11.4 Å². The fourth-order valence-corrected chi connectivity index (χ4v) is 3.05. The fraction of sp³-hybridized carbons (Fsp3) is 0.267. The lowest BCUT2D eigenvalue weighted by molar-refractivity contribution is -0.148. The van der Waals surface area contributed by atoms with Crippen molar-refractivity contribution in [1.29, 1.82) is 0 Å². The number of rotatable bonds is 5. The van der Waals surface area contributed by atoms with Crippen LogP contribution in [0.5, 0.6) is 0 Å². The molecular formula is C15H15ClFNO2S. The number of hydrogen-bond acceptors (Lipinski definition) is 4. The number of halogens is 2. The third kappa shape index (κ3) is 3.43. The van der Waals surface area contributed by atoms with Crippen LogP contribution < -0.4 is 5.32 Å². The van der Waals surface area contributed by atoms with Crippen molar-refractivity contribution in [2.24, 2.45) is 0 Å². The largest absolute Gasteiger partial charge is 0.467 e. The fourth-order valence-electron chi connectivity index (χ4n) is 2.05. The van der Waals surface area contributed by atoms with Crippen molar-refractivity contribution in [1.82, 2.24) is 5.32 Å². The Labute approximate surface area is 131 Å². The number of esters is 1. The van der Waals surface area contributed by atoms with Gasteiger partial charge < -0.3 is 4.74 Å². The van der Waals surface area contributed by atoms with Crippen LogP contribution in [0.3, 0.4) is 0 Å². The average molecular weight is 328 g/mol. The van der Waals surface area contributed by atoms with E-state index < -0.39 is 17.3 Å². The molecule has 0 saturated heterocycles. The summed E-state index contributed by atoms with van der Waals surface area (Å²) in [5.74, 6) is -0.929. The second-order valence-electron chi connectivity index (χ2n) is 4.67. The molecule has 0 saturated carbocycles. The van der Waals surface area contributed by atoms with Gasteiger partial charge in [-0.15, -0.1) is 11.3 Å². The minimum absolute atomic E-state index is 0.182. The summed E-state index contributed by atoms with van der Waals surface area (Å²) in [5, 5.41) is 5.29. The van der Waals surface area contributed by atoms with Crippen LogP contribution in [-0.2, 0) is 21.6 Å². The molecule has 1 aromatic carbocycles. The lowest BCUT2D eigenvalue weighted by Crippen LogP contribution is -2.47. The molecule has 3 nitrogen and oxygen atoms in total. The maximum Gasteiger partial charge on any atom is 0.330 e. The molecule has 0 aliphatic heterocycles. The standard InChI is InChI=1S/C15H15ClFNO2S/c1-15(14(19)20-2,18-9-11-4-3-7-21-11)12-6-5-10(17)8-13(12)16/h3-8,18H,9H2,1-2H3. The van der Waals surface area contributed by atoms with Crippen molar-refractivity contribution in [2.45, 2.75) is 19.0 Å². The number of thiophene rings is 1. The minimum Gasteiger partial charge on any atom is -0.467 e. The molecule has 0 fully saturated rings. The lowest BCUT2D eigenvalue weighted by Gasteiger charge is -2.29. The molecule has 2 aromatic rings. The van der Waals surface area contributed by atoms with E-state index in [9.17, 15) is 9.18 Å². The van der Waals surface area contributed by atoms with Crippen LogP contribution >= 0.6 is 22.9 Å². The summed E-state index contributed by atoms with van der Waals surface area (Å²) in [5.41, 5.74) is -0.669. The van der Waals surface area contributed by atoms with Crippen molar-refractivity contribution in [2.75, 3.05) is 7.11 Å². The summed E-state index contributed by atoms with van der Waals surface area (Å²) in [6.45, 7) is 2.16. The molecule has 0 amide bonds. The van der Waals surface area contributed by atoms with E-state index in [0.717, 1.165) is 4.88 Å². The Morgan fingerprint density at radius 2 is 2.24 bits per heavy atom. The van der Waals surface area contributed by atoms with E-state index in [1.54, 1.807) is 18.3 Å². The number of benzene rings is 1. The first-order chi connectivity index (χ1) is 9.97. The normalized spacial score (nSPS) is 13.7. The first kappa shape index (κ1) is 15.9. The van der Waals surface area contributed by atoms with Gasteiger partial charge in [0.25, 0.3) is 0 Å². The molecule has 2 rings (SSSR count). The molecule has 1 unspecified atom stereocenters. The Kier molecular flexibility index (Phi) is 4.98. The first-order valence-corrected chi connectivity index (χ1v) is 7.54. The molecule has 1 N–H and O–H groups in total. The van der Waals surface area contributed by atoms with E-state index in [1.165, 1.54) is 25.3 Å². The number of hydrogen-bond donors (Lipinski definition) is 1. The first-order valence-electron chi connectivity index (χ1n) is 6.28. The van der Waals surface area contributed by atoms with Gasteiger partial charge in [-0.05, 0) is 30.5 Å². The Hall–Kier alpha value is -1.43. The molecule has 0 aliphatic rings. The van der Waals surface area contributed by atoms with E-state index in [1.807, 2.05) is 17.5 Å². The van der Waals surface area contributed by atoms with Crippen molar-refractivity contribution in [3.63, 3.8) is 0 Å². The number of ether oxygens (including phenoxy) is 1. The van der Waals surface area contributed by atoms with Gasteiger partial charge in [-0.1, -0.05) is 23.7 Å². The number of carbonyl (C=O) groups is 1. The monoisotopic (exact) mass is 327 g/mol. The van der Waals surface area contributed by atoms with Crippen molar-refractivity contribution < 1.29 is 13.9 Å². The highest BCUT2D eigenvalue weighted by molar-refractivity contribution is 7.09. The van der Waals surface area contributed by atoms with E-state index in [2.05, 4.69) is 5.32 Å². The molecule has 6 heteroatoms. The van der Waals surface area contributed by atoms with Crippen LogP contribution in [0.2, 0.25) is 5.02 Å². The quantitative estimate of drug-likeness (QED) is 0.851. The Morgan fingerprint density at radius 3 is 2.81 bits per heavy atom. The zero-order valence-electron chi connectivity index (χ0n) is 11.7. The molecule has 0 radical (unpaired) electrons. The smallest absolute Gasteiger partial charge is 0.330 e. The number of nitrogens with one attached hydrogen (secondary N) is 1. The Morgan fingerprint density at radius 1 is 1.48 bits per heavy atom. The number of methoxy groups -OCH3 is 1. The van der Waals surface area contributed by atoms with Gasteiger partial charge in [-0.25, -0.2) is 9.18 Å². The van der Waals surface area contributed by atoms with Crippen LogP contribution in [0.25, 0.3) is 0 Å². The Bertz CT molecular complexity index is 633.